The van der Waals surface area contributed by atoms with Crippen LogP contribution in [0.1, 0.15) is 17.5 Å². The summed E-state index contributed by atoms with van der Waals surface area (Å²) in [6.45, 7) is 4.03. The van der Waals surface area contributed by atoms with Gasteiger partial charge in [0.2, 0.25) is 0 Å². The normalized spacial score (nSPS) is 9.94. The number of amides is 1. The van der Waals surface area contributed by atoms with Crippen molar-refractivity contribution in [3.05, 3.63) is 29.3 Å². The maximum atomic E-state index is 11.6. The molecular weight excluding hydrogens is 234 g/mol. The predicted octanol–water partition coefficient (Wildman–Crippen LogP) is 2.21. The van der Waals surface area contributed by atoms with Gasteiger partial charge in [0.25, 0.3) is 0 Å². The van der Waals surface area contributed by atoms with Crippen LogP contribution in [0.25, 0.3) is 0 Å². The van der Waals surface area contributed by atoms with Crippen LogP contribution in [-0.2, 0) is 4.79 Å². The van der Waals surface area contributed by atoms with Gasteiger partial charge in [0, 0.05) is 13.6 Å². The molecule has 0 bridgehead atoms. The molecule has 98 valence electrons. The van der Waals surface area contributed by atoms with Gasteiger partial charge in [0.15, 0.2) is 0 Å². The van der Waals surface area contributed by atoms with E-state index in [-0.39, 0.29) is 13.0 Å². The number of aliphatic carboxylic acids is 1. The maximum Gasteiger partial charge on any atom is 0.414 e. The minimum Gasteiger partial charge on any atom is -0.481 e. The molecule has 1 aromatic carbocycles. The first-order valence-corrected chi connectivity index (χ1v) is 5.62. The number of ether oxygens (including phenoxy) is 1. The van der Waals surface area contributed by atoms with Crippen molar-refractivity contribution >= 4 is 12.1 Å². The van der Waals surface area contributed by atoms with Crippen molar-refractivity contribution in [3.8, 4) is 5.75 Å². The minimum atomic E-state index is -0.944. The lowest BCUT2D eigenvalue weighted by molar-refractivity contribution is -0.137. The number of nitrogens with zero attached hydrogens (tertiary/aromatic N) is 1. The molecule has 1 N–H and O–H groups in total. The van der Waals surface area contributed by atoms with E-state index in [0.29, 0.717) is 5.75 Å². The van der Waals surface area contributed by atoms with E-state index in [1.165, 1.54) is 11.9 Å². The standard InChI is InChI=1S/C13H17NO4/c1-9-4-5-11(8-10(9)2)18-13(17)14(3)7-6-12(15)16/h4-5,8H,6-7H2,1-3H3,(H,15,16). The maximum absolute atomic E-state index is 11.6. The Labute approximate surface area is 106 Å². The Morgan fingerprint density at radius 1 is 1.28 bits per heavy atom. The van der Waals surface area contributed by atoms with E-state index in [9.17, 15) is 9.59 Å². The van der Waals surface area contributed by atoms with Crippen LogP contribution >= 0.6 is 0 Å². The molecule has 0 aliphatic rings. The summed E-state index contributed by atoms with van der Waals surface area (Å²) in [5.41, 5.74) is 2.16. The van der Waals surface area contributed by atoms with Crippen molar-refractivity contribution < 1.29 is 19.4 Å². The molecule has 1 amide bonds. The second-order valence-corrected chi connectivity index (χ2v) is 4.18. The first-order chi connectivity index (χ1) is 8.40. The largest absolute Gasteiger partial charge is 0.481 e. The fraction of sp³-hybridized carbons (Fsp3) is 0.385. The Morgan fingerprint density at radius 2 is 1.94 bits per heavy atom. The molecule has 0 aromatic heterocycles. The summed E-state index contributed by atoms with van der Waals surface area (Å²) in [6, 6.07) is 5.36. The summed E-state index contributed by atoms with van der Waals surface area (Å²) in [6.07, 6.45) is -0.655. The number of carbonyl (C=O) groups is 2. The summed E-state index contributed by atoms with van der Waals surface area (Å²) < 4.78 is 5.14. The fourth-order valence-electron chi connectivity index (χ4n) is 1.31. The number of aryl methyl sites for hydroxylation is 2. The van der Waals surface area contributed by atoms with E-state index >= 15 is 0 Å². The zero-order valence-corrected chi connectivity index (χ0v) is 10.8. The highest BCUT2D eigenvalue weighted by Gasteiger charge is 2.12. The van der Waals surface area contributed by atoms with Gasteiger partial charge < -0.3 is 14.7 Å². The number of benzene rings is 1. The predicted molar refractivity (Wildman–Crippen MR) is 66.8 cm³/mol. The van der Waals surface area contributed by atoms with Crippen molar-refractivity contribution in [1.82, 2.24) is 4.90 Å². The van der Waals surface area contributed by atoms with E-state index < -0.39 is 12.1 Å². The second-order valence-electron chi connectivity index (χ2n) is 4.18. The quantitative estimate of drug-likeness (QED) is 0.890. The van der Waals surface area contributed by atoms with Crippen molar-refractivity contribution in [3.63, 3.8) is 0 Å². The van der Waals surface area contributed by atoms with Gasteiger partial charge in [-0.15, -0.1) is 0 Å². The topological polar surface area (TPSA) is 66.8 Å². The van der Waals surface area contributed by atoms with Crippen molar-refractivity contribution in [2.75, 3.05) is 13.6 Å². The number of carbonyl (C=O) groups excluding carboxylic acids is 1. The first-order valence-electron chi connectivity index (χ1n) is 5.62. The van der Waals surface area contributed by atoms with Gasteiger partial charge >= 0.3 is 12.1 Å². The third kappa shape index (κ3) is 4.08. The number of hydrogen-bond donors (Lipinski definition) is 1. The Kier molecular flexibility index (Phi) is 4.71. The monoisotopic (exact) mass is 251 g/mol. The molecule has 0 unspecified atom stereocenters. The molecule has 18 heavy (non-hydrogen) atoms. The van der Waals surface area contributed by atoms with Crippen molar-refractivity contribution in [2.45, 2.75) is 20.3 Å². The van der Waals surface area contributed by atoms with Gasteiger partial charge in [0.1, 0.15) is 5.75 Å². The number of rotatable bonds is 4. The average molecular weight is 251 g/mol. The van der Waals surface area contributed by atoms with Crippen LogP contribution in [0.5, 0.6) is 5.75 Å². The highest BCUT2D eigenvalue weighted by Crippen LogP contribution is 2.17. The molecule has 5 heteroatoms. The number of carboxylic acids is 1. The Balaban J connectivity index is 2.58. The molecule has 0 radical (unpaired) electrons. The Morgan fingerprint density at radius 3 is 2.50 bits per heavy atom. The van der Waals surface area contributed by atoms with Gasteiger partial charge in [0.05, 0.1) is 6.42 Å². The van der Waals surface area contributed by atoms with Gasteiger partial charge in [-0.05, 0) is 37.1 Å². The van der Waals surface area contributed by atoms with Crippen molar-refractivity contribution in [2.24, 2.45) is 0 Å². The lowest BCUT2D eigenvalue weighted by Crippen LogP contribution is -2.31. The van der Waals surface area contributed by atoms with Crippen LogP contribution in [0.3, 0.4) is 0 Å². The lowest BCUT2D eigenvalue weighted by atomic mass is 10.1. The van der Waals surface area contributed by atoms with E-state index in [2.05, 4.69) is 0 Å². The van der Waals surface area contributed by atoms with Crippen LogP contribution in [-0.4, -0.2) is 35.7 Å². The Hall–Kier alpha value is -2.04. The van der Waals surface area contributed by atoms with E-state index in [1.54, 1.807) is 12.1 Å². The summed E-state index contributed by atoms with van der Waals surface area (Å²) >= 11 is 0. The molecule has 0 fully saturated rings. The van der Waals surface area contributed by atoms with Crippen molar-refractivity contribution in [1.29, 1.82) is 0 Å². The summed E-state index contributed by atoms with van der Waals surface area (Å²) in [4.78, 5) is 23.3. The minimum absolute atomic E-state index is 0.0987. The third-order valence-electron chi connectivity index (χ3n) is 2.66. The van der Waals surface area contributed by atoms with Crippen LogP contribution in [0.4, 0.5) is 4.79 Å². The zero-order valence-electron chi connectivity index (χ0n) is 10.8. The number of hydrogen-bond acceptors (Lipinski definition) is 3. The molecule has 0 aliphatic carbocycles. The average Bonchev–Trinajstić information content (AvgIpc) is 2.30. The van der Waals surface area contributed by atoms with Crippen LogP contribution in [0, 0.1) is 13.8 Å². The summed E-state index contributed by atoms with van der Waals surface area (Å²) in [7, 11) is 1.51. The smallest absolute Gasteiger partial charge is 0.414 e. The fourth-order valence-corrected chi connectivity index (χ4v) is 1.31. The Bertz CT molecular complexity index is 456. The molecule has 0 aliphatic heterocycles. The molecule has 0 saturated carbocycles. The molecule has 0 saturated heterocycles. The van der Waals surface area contributed by atoms with Gasteiger partial charge in [-0.2, -0.15) is 0 Å². The van der Waals surface area contributed by atoms with Gasteiger partial charge in [-0.1, -0.05) is 6.07 Å². The van der Waals surface area contributed by atoms with E-state index in [1.807, 2.05) is 19.9 Å². The highest BCUT2D eigenvalue weighted by atomic mass is 16.6. The summed E-state index contributed by atoms with van der Waals surface area (Å²) in [5.74, 6) is -0.480. The molecule has 1 aromatic rings. The highest BCUT2D eigenvalue weighted by molar-refractivity contribution is 5.72. The lowest BCUT2D eigenvalue weighted by Gasteiger charge is -2.16. The molecular formula is C13H17NO4. The zero-order chi connectivity index (χ0) is 13.7. The van der Waals surface area contributed by atoms with Crippen LogP contribution in [0.2, 0.25) is 0 Å². The molecule has 1 rings (SSSR count). The van der Waals surface area contributed by atoms with Gasteiger partial charge in [-0.3, -0.25) is 4.79 Å². The SMILES string of the molecule is Cc1ccc(OC(=O)N(C)CCC(=O)O)cc1C. The molecule has 5 nitrogen and oxygen atoms in total. The molecule has 0 spiro atoms. The first kappa shape index (κ1) is 14.0. The van der Waals surface area contributed by atoms with Crippen LogP contribution in [0.15, 0.2) is 18.2 Å². The van der Waals surface area contributed by atoms with E-state index in [0.717, 1.165) is 11.1 Å². The molecule has 0 heterocycles. The summed E-state index contributed by atoms with van der Waals surface area (Å²) in [5, 5.41) is 8.52. The third-order valence-corrected chi connectivity index (χ3v) is 2.66. The number of carboxylic acid groups (broad SMARTS) is 1. The van der Waals surface area contributed by atoms with E-state index in [4.69, 9.17) is 9.84 Å². The second kappa shape index (κ2) is 6.05. The molecule has 0 atom stereocenters. The van der Waals surface area contributed by atoms with Gasteiger partial charge in [-0.25, -0.2) is 4.79 Å². The van der Waals surface area contributed by atoms with Crippen LogP contribution < -0.4 is 4.74 Å².